The average molecular weight is 261 g/mol. The number of hydrogen-bond acceptors (Lipinski definition) is 5. The molecule has 1 aromatic heterocycles. The Balaban J connectivity index is 2.14. The van der Waals surface area contributed by atoms with Gasteiger partial charge in [0.1, 0.15) is 12.2 Å². The topological polar surface area (TPSA) is 105 Å². The number of H-pyrrole nitrogens is 1. The lowest BCUT2D eigenvalue weighted by Crippen LogP contribution is -2.26. The SMILES string of the molecule is CN(Cc1ncn[nH]1)C(=O)c1cccc([N+](=O)[O-])c1. The summed E-state index contributed by atoms with van der Waals surface area (Å²) in [5.41, 5.74) is 0.148. The van der Waals surface area contributed by atoms with Crippen LogP contribution in [0.4, 0.5) is 5.69 Å². The van der Waals surface area contributed by atoms with Crippen LogP contribution >= 0.6 is 0 Å². The van der Waals surface area contributed by atoms with Crippen LogP contribution in [0, 0.1) is 10.1 Å². The number of aromatic amines is 1. The van der Waals surface area contributed by atoms with E-state index in [1.165, 1.54) is 35.5 Å². The minimum Gasteiger partial charge on any atom is -0.334 e. The van der Waals surface area contributed by atoms with E-state index in [2.05, 4.69) is 15.2 Å². The molecule has 1 aromatic carbocycles. The number of benzene rings is 1. The molecule has 2 aromatic rings. The zero-order chi connectivity index (χ0) is 13.8. The molecule has 0 aliphatic rings. The standard InChI is InChI=1S/C11H11N5O3/c1-15(6-10-12-7-13-14-10)11(17)8-3-2-4-9(5-8)16(18)19/h2-5,7H,6H2,1H3,(H,12,13,14). The minimum absolute atomic E-state index is 0.112. The first kappa shape index (κ1) is 12.7. The van der Waals surface area contributed by atoms with Gasteiger partial charge in [-0.05, 0) is 6.07 Å². The van der Waals surface area contributed by atoms with E-state index in [4.69, 9.17) is 0 Å². The maximum absolute atomic E-state index is 12.1. The molecule has 0 fully saturated rings. The molecule has 0 bridgehead atoms. The van der Waals surface area contributed by atoms with E-state index < -0.39 is 4.92 Å². The first-order chi connectivity index (χ1) is 9.08. The van der Waals surface area contributed by atoms with Gasteiger partial charge in [0, 0.05) is 24.7 Å². The molecule has 2 rings (SSSR count). The fraction of sp³-hybridized carbons (Fsp3) is 0.182. The number of non-ortho nitro benzene ring substituents is 1. The van der Waals surface area contributed by atoms with E-state index in [0.717, 1.165) is 0 Å². The molecule has 0 saturated carbocycles. The summed E-state index contributed by atoms with van der Waals surface area (Å²) in [6.45, 7) is 0.252. The van der Waals surface area contributed by atoms with Gasteiger partial charge in [-0.1, -0.05) is 6.07 Å². The molecule has 0 unspecified atom stereocenters. The number of amides is 1. The molecule has 0 atom stereocenters. The average Bonchev–Trinajstić information content (AvgIpc) is 2.90. The summed E-state index contributed by atoms with van der Waals surface area (Å²) in [6.07, 6.45) is 1.35. The van der Waals surface area contributed by atoms with Crippen LogP contribution < -0.4 is 0 Å². The Morgan fingerprint density at radius 1 is 1.53 bits per heavy atom. The third-order valence-corrected chi connectivity index (χ3v) is 2.50. The van der Waals surface area contributed by atoms with Gasteiger partial charge >= 0.3 is 0 Å². The smallest absolute Gasteiger partial charge is 0.270 e. The van der Waals surface area contributed by atoms with E-state index in [-0.39, 0.29) is 23.7 Å². The quantitative estimate of drug-likeness (QED) is 0.652. The highest BCUT2D eigenvalue weighted by Crippen LogP contribution is 2.14. The Bertz CT molecular complexity index is 596. The number of nitrogens with zero attached hydrogens (tertiary/aromatic N) is 4. The molecule has 8 heteroatoms. The van der Waals surface area contributed by atoms with Crippen molar-refractivity contribution in [2.24, 2.45) is 0 Å². The summed E-state index contributed by atoms with van der Waals surface area (Å²) < 4.78 is 0. The predicted octanol–water partition coefficient (Wildman–Crippen LogP) is 0.985. The Kier molecular flexibility index (Phi) is 3.51. The van der Waals surface area contributed by atoms with Gasteiger partial charge in [0.05, 0.1) is 11.5 Å². The van der Waals surface area contributed by atoms with Crippen LogP contribution in [-0.4, -0.2) is 38.0 Å². The maximum Gasteiger partial charge on any atom is 0.270 e. The highest BCUT2D eigenvalue weighted by Gasteiger charge is 2.16. The molecule has 1 heterocycles. The van der Waals surface area contributed by atoms with Crippen LogP contribution in [0.2, 0.25) is 0 Å². The summed E-state index contributed by atoms with van der Waals surface area (Å²) in [7, 11) is 1.59. The van der Waals surface area contributed by atoms with Crippen LogP contribution in [0.15, 0.2) is 30.6 Å². The second-order valence-corrected chi connectivity index (χ2v) is 3.90. The number of aromatic nitrogens is 3. The largest absolute Gasteiger partial charge is 0.334 e. The van der Waals surface area contributed by atoms with Crippen LogP contribution in [-0.2, 0) is 6.54 Å². The van der Waals surface area contributed by atoms with Gasteiger partial charge in [0.15, 0.2) is 0 Å². The van der Waals surface area contributed by atoms with Crippen LogP contribution in [0.3, 0.4) is 0 Å². The number of nitro groups is 1. The summed E-state index contributed by atoms with van der Waals surface area (Å²) in [6, 6.07) is 5.60. The van der Waals surface area contributed by atoms with Crippen molar-refractivity contribution in [2.75, 3.05) is 7.05 Å². The Hall–Kier alpha value is -2.77. The second kappa shape index (κ2) is 5.25. The first-order valence-electron chi connectivity index (χ1n) is 5.42. The number of nitrogens with one attached hydrogen (secondary N) is 1. The molecule has 0 spiro atoms. The highest BCUT2D eigenvalue weighted by molar-refractivity contribution is 5.94. The third-order valence-electron chi connectivity index (χ3n) is 2.50. The second-order valence-electron chi connectivity index (χ2n) is 3.90. The van der Waals surface area contributed by atoms with Gasteiger partial charge in [-0.25, -0.2) is 4.98 Å². The highest BCUT2D eigenvalue weighted by atomic mass is 16.6. The van der Waals surface area contributed by atoms with Crippen LogP contribution in [0.1, 0.15) is 16.2 Å². The van der Waals surface area contributed by atoms with Gasteiger partial charge in [-0.3, -0.25) is 20.0 Å². The lowest BCUT2D eigenvalue weighted by Gasteiger charge is -2.15. The van der Waals surface area contributed by atoms with E-state index in [0.29, 0.717) is 5.82 Å². The molecule has 0 aliphatic heterocycles. The minimum atomic E-state index is -0.534. The van der Waals surface area contributed by atoms with Crippen molar-refractivity contribution >= 4 is 11.6 Å². The number of hydrogen-bond donors (Lipinski definition) is 1. The predicted molar refractivity (Wildman–Crippen MR) is 65.3 cm³/mol. The number of carbonyl (C=O) groups is 1. The van der Waals surface area contributed by atoms with Crippen molar-refractivity contribution in [3.63, 3.8) is 0 Å². The molecule has 0 aliphatic carbocycles. The number of rotatable bonds is 4. The van der Waals surface area contributed by atoms with Gasteiger partial charge in [-0.2, -0.15) is 5.10 Å². The lowest BCUT2D eigenvalue weighted by atomic mass is 10.2. The molecular formula is C11H11N5O3. The fourth-order valence-electron chi connectivity index (χ4n) is 1.58. The Morgan fingerprint density at radius 3 is 2.95 bits per heavy atom. The summed E-state index contributed by atoms with van der Waals surface area (Å²) in [5, 5.41) is 17.0. The van der Waals surface area contributed by atoms with Crippen molar-refractivity contribution in [1.82, 2.24) is 20.1 Å². The molecule has 0 radical (unpaired) electrons. The first-order valence-corrected chi connectivity index (χ1v) is 5.42. The monoisotopic (exact) mass is 261 g/mol. The van der Waals surface area contributed by atoms with Crippen molar-refractivity contribution in [1.29, 1.82) is 0 Å². The van der Waals surface area contributed by atoms with Crippen molar-refractivity contribution in [2.45, 2.75) is 6.54 Å². The van der Waals surface area contributed by atoms with Gasteiger partial charge in [-0.15, -0.1) is 0 Å². The molecule has 1 N–H and O–H groups in total. The maximum atomic E-state index is 12.1. The summed E-state index contributed by atoms with van der Waals surface area (Å²) >= 11 is 0. The zero-order valence-corrected chi connectivity index (χ0v) is 10.1. The number of carbonyl (C=O) groups excluding carboxylic acids is 1. The molecule has 19 heavy (non-hydrogen) atoms. The molecule has 0 saturated heterocycles. The molecule has 98 valence electrons. The normalized spacial score (nSPS) is 10.2. The molecule has 8 nitrogen and oxygen atoms in total. The van der Waals surface area contributed by atoms with Gasteiger partial charge in [0.2, 0.25) is 0 Å². The third kappa shape index (κ3) is 2.92. The zero-order valence-electron chi connectivity index (χ0n) is 10.1. The number of nitro benzene ring substituents is 1. The van der Waals surface area contributed by atoms with Crippen molar-refractivity contribution in [3.05, 3.63) is 52.1 Å². The van der Waals surface area contributed by atoms with E-state index >= 15 is 0 Å². The van der Waals surface area contributed by atoms with Gasteiger partial charge in [0.25, 0.3) is 11.6 Å². The van der Waals surface area contributed by atoms with E-state index in [1.54, 1.807) is 7.05 Å². The summed E-state index contributed by atoms with van der Waals surface area (Å²) in [4.78, 5) is 27.5. The summed E-state index contributed by atoms with van der Waals surface area (Å²) in [5.74, 6) is 0.224. The van der Waals surface area contributed by atoms with Crippen LogP contribution in [0.25, 0.3) is 0 Å². The van der Waals surface area contributed by atoms with E-state index in [1.807, 2.05) is 0 Å². The molecule has 1 amide bonds. The Morgan fingerprint density at radius 2 is 2.32 bits per heavy atom. The van der Waals surface area contributed by atoms with Crippen molar-refractivity contribution < 1.29 is 9.72 Å². The lowest BCUT2D eigenvalue weighted by molar-refractivity contribution is -0.384. The van der Waals surface area contributed by atoms with Gasteiger partial charge < -0.3 is 4.90 Å². The van der Waals surface area contributed by atoms with Crippen LogP contribution in [0.5, 0.6) is 0 Å². The Labute approximate surface area is 108 Å². The molecular weight excluding hydrogens is 250 g/mol. The van der Waals surface area contributed by atoms with Crippen molar-refractivity contribution in [3.8, 4) is 0 Å². The van der Waals surface area contributed by atoms with E-state index in [9.17, 15) is 14.9 Å². The fourth-order valence-corrected chi connectivity index (χ4v) is 1.58.